The number of hydrogen-bond donors (Lipinski definition) is 4. The Hall–Kier alpha value is -3.68. The lowest BCUT2D eigenvalue weighted by atomic mass is 9.75. The van der Waals surface area contributed by atoms with Gasteiger partial charge < -0.3 is 20.9 Å². The molecule has 3 rings (SSSR count). The van der Waals surface area contributed by atoms with Gasteiger partial charge in [-0.1, -0.05) is 19.9 Å². The number of carbonyl (C=O) groups excluding carboxylic acids is 3. The first kappa shape index (κ1) is 21.0. The van der Waals surface area contributed by atoms with E-state index in [0.717, 1.165) is 0 Å². The van der Waals surface area contributed by atoms with Gasteiger partial charge in [0.15, 0.2) is 5.78 Å². The number of ketones is 1. The summed E-state index contributed by atoms with van der Waals surface area (Å²) in [7, 11) is 0. The molecule has 156 valence electrons. The number of H-pyrrole nitrogens is 1. The first-order valence-electron chi connectivity index (χ1n) is 9.55. The average Bonchev–Trinajstić information content (AvgIpc) is 2.66. The summed E-state index contributed by atoms with van der Waals surface area (Å²) in [6, 6.07) is 7.43. The standard InChI is InChI=1S/C22H24N4O4/c1-4-9-23-21(30)25-14-7-5-13(6-8-14)24-19(28)16-10-15-17(26-20(16)29)11-22(2,3)12-18(15)27/h4-8,10H,1,9,11-12H2,2-3H3,(H,24,28)(H,26,29)(H2,23,25,30). The van der Waals surface area contributed by atoms with E-state index in [1.54, 1.807) is 30.3 Å². The van der Waals surface area contributed by atoms with Gasteiger partial charge in [-0.2, -0.15) is 0 Å². The Bertz CT molecular complexity index is 1070. The summed E-state index contributed by atoms with van der Waals surface area (Å²) in [5, 5.41) is 7.87. The van der Waals surface area contributed by atoms with Crippen molar-refractivity contribution in [3.63, 3.8) is 0 Å². The van der Waals surface area contributed by atoms with Gasteiger partial charge in [-0.05, 0) is 42.2 Å². The molecule has 1 aromatic heterocycles. The third-order valence-electron chi connectivity index (χ3n) is 4.77. The van der Waals surface area contributed by atoms with E-state index in [9.17, 15) is 19.2 Å². The summed E-state index contributed by atoms with van der Waals surface area (Å²) in [6.07, 6.45) is 2.50. The van der Waals surface area contributed by atoms with Crippen molar-refractivity contribution in [1.29, 1.82) is 0 Å². The molecule has 3 amide bonds. The van der Waals surface area contributed by atoms with Crippen LogP contribution in [0.15, 0.2) is 47.8 Å². The van der Waals surface area contributed by atoms with Crippen LogP contribution >= 0.6 is 0 Å². The first-order chi connectivity index (χ1) is 14.2. The Labute approximate surface area is 173 Å². The van der Waals surface area contributed by atoms with Crippen LogP contribution in [-0.2, 0) is 6.42 Å². The summed E-state index contributed by atoms with van der Waals surface area (Å²) in [4.78, 5) is 51.8. The Balaban J connectivity index is 1.73. The molecule has 0 bridgehead atoms. The molecule has 0 saturated heterocycles. The summed E-state index contributed by atoms with van der Waals surface area (Å²) in [5.74, 6) is -0.696. The maximum atomic E-state index is 12.6. The number of amides is 3. The highest BCUT2D eigenvalue weighted by Gasteiger charge is 2.32. The Kier molecular flexibility index (Phi) is 5.86. The number of fused-ring (bicyclic) bond motifs is 1. The van der Waals surface area contributed by atoms with Crippen LogP contribution < -0.4 is 21.5 Å². The van der Waals surface area contributed by atoms with Crippen molar-refractivity contribution in [1.82, 2.24) is 10.3 Å². The topological polar surface area (TPSA) is 120 Å². The monoisotopic (exact) mass is 408 g/mol. The zero-order valence-corrected chi connectivity index (χ0v) is 16.9. The van der Waals surface area contributed by atoms with E-state index < -0.39 is 11.5 Å². The Morgan fingerprint density at radius 3 is 2.37 bits per heavy atom. The maximum absolute atomic E-state index is 12.6. The van der Waals surface area contributed by atoms with E-state index in [-0.39, 0.29) is 22.8 Å². The second-order valence-corrected chi connectivity index (χ2v) is 8.00. The number of hydrogen-bond acceptors (Lipinski definition) is 4. The molecule has 1 heterocycles. The molecule has 1 aliphatic rings. The SMILES string of the molecule is C=CCNC(=O)Nc1ccc(NC(=O)c2cc3c([nH]c2=O)CC(C)(C)CC3=O)cc1. The minimum absolute atomic E-state index is 0.0864. The summed E-state index contributed by atoms with van der Waals surface area (Å²) in [6.45, 7) is 7.79. The molecule has 1 aliphatic carbocycles. The Morgan fingerprint density at radius 1 is 1.10 bits per heavy atom. The number of aromatic nitrogens is 1. The number of urea groups is 1. The van der Waals surface area contributed by atoms with E-state index in [0.29, 0.717) is 42.0 Å². The molecule has 0 saturated carbocycles. The quantitative estimate of drug-likeness (QED) is 0.568. The van der Waals surface area contributed by atoms with E-state index in [4.69, 9.17) is 0 Å². The number of nitrogens with one attached hydrogen (secondary N) is 4. The van der Waals surface area contributed by atoms with Crippen LogP contribution in [0, 0.1) is 5.41 Å². The summed E-state index contributed by atoms with van der Waals surface area (Å²) >= 11 is 0. The van der Waals surface area contributed by atoms with Crippen LogP contribution in [0.2, 0.25) is 0 Å². The van der Waals surface area contributed by atoms with Gasteiger partial charge in [-0.15, -0.1) is 6.58 Å². The van der Waals surface area contributed by atoms with Crippen LogP contribution in [0.3, 0.4) is 0 Å². The molecule has 0 aliphatic heterocycles. The third-order valence-corrected chi connectivity index (χ3v) is 4.77. The van der Waals surface area contributed by atoms with Crippen LogP contribution in [0.4, 0.5) is 16.2 Å². The third kappa shape index (κ3) is 4.83. The van der Waals surface area contributed by atoms with Crippen molar-refractivity contribution in [3.8, 4) is 0 Å². The van der Waals surface area contributed by atoms with Crippen molar-refractivity contribution in [3.05, 3.63) is 70.2 Å². The number of aromatic amines is 1. The number of pyridine rings is 1. The molecule has 8 heteroatoms. The summed E-state index contributed by atoms with van der Waals surface area (Å²) in [5.41, 5.74) is 1.07. The lowest BCUT2D eigenvalue weighted by Gasteiger charge is -2.29. The van der Waals surface area contributed by atoms with Crippen molar-refractivity contribution in [2.24, 2.45) is 5.41 Å². The molecule has 2 aromatic rings. The lowest BCUT2D eigenvalue weighted by molar-refractivity contribution is 0.0910. The molecule has 0 atom stereocenters. The molecule has 4 N–H and O–H groups in total. The van der Waals surface area contributed by atoms with E-state index in [1.807, 2.05) is 13.8 Å². The highest BCUT2D eigenvalue weighted by molar-refractivity contribution is 6.06. The second kappa shape index (κ2) is 8.36. The van der Waals surface area contributed by atoms with Crippen LogP contribution in [-0.4, -0.2) is 29.3 Å². The largest absolute Gasteiger partial charge is 0.334 e. The molecule has 0 fully saturated rings. The fourth-order valence-electron chi connectivity index (χ4n) is 3.37. The first-order valence-corrected chi connectivity index (χ1v) is 9.55. The molecule has 30 heavy (non-hydrogen) atoms. The number of rotatable bonds is 5. The fraction of sp³-hybridized carbons (Fsp3) is 0.273. The van der Waals surface area contributed by atoms with Gasteiger partial charge in [-0.3, -0.25) is 14.4 Å². The lowest BCUT2D eigenvalue weighted by Crippen LogP contribution is -2.32. The molecular weight excluding hydrogens is 384 g/mol. The normalized spacial score (nSPS) is 14.4. The number of carbonyl (C=O) groups is 3. The number of anilines is 2. The summed E-state index contributed by atoms with van der Waals surface area (Å²) < 4.78 is 0. The van der Waals surface area contributed by atoms with Gasteiger partial charge in [0, 0.05) is 35.6 Å². The predicted molar refractivity (Wildman–Crippen MR) is 115 cm³/mol. The van der Waals surface area contributed by atoms with Gasteiger partial charge in [0.25, 0.3) is 11.5 Å². The van der Waals surface area contributed by atoms with Gasteiger partial charge in [-0.25, -0.2) is 4.79 Å². The van der Waals surface area contributed by atoms with E-state index in [1.165, 1.54) is 6.07 Å². The van der Waals surface area contributed by atoms with Crippen molar-refractivity contribution >= 4 is 29.1 Å². The van der Waals surface area contributed by atoms with E-state index >= 15 is 0 Å². The van der Waals surface area contributed by atoms with Gasteiger partial charge in [0.05, 0.1) is 0 Å². The molecule has 1 aromatic carbocycles. The minimum Gasteiger partial charge on any atom is -0.334 e. The van der Waals surface area contributed by atoms with Crippen LogP contribution in [0.1, 0.15) is 46.7 Å². The minimum atomic E-state index is -0.610. The second-order valence-electron chi connectivity index (χ2n) is 8.00. The van der Waals surface area contributed by atoms with Crippen molar-refractivity contribution in [2.45, 2.75) is 26.7 Å². The number of Topliss-reactive ketones (excluding diaryl/α,β-unsaturated/α-hetero) is 1. The average molecular weight is 408 g/mol. The van der Waals surface area contributed by atoms with Gasteiger partial charge in [0.2, 0.25) is 0 Å². The highest BCUT2D eigenvalue weighted by atomic mass is 16.2. The smallest absolute Gasteiger partial charge is 0.319 e. The predicted octanol–water partition coefficient (Wildman–Crippen LogP) is 3.09. The fourth-order valence-corrected chi connectivity index (χ4v) is 3.37. The van der Waals surface area contributed by atoms with Crippen molar-refractivity contribution < 1.29 is 14.4 Å². The van der Waals surface area contributed by atoms with Crippen LogP contribution in [0.5, 0.6) is 0 Å². The zero-order valence-electron chi connectivity index (χ0n) is 16.9. The highest BCUT2D eigenvalue weighted by Crippen LogP contribution is 2.33. The maximum Gasteiger partial charge on any atom is 0.319 e. The number of benzene rings is 1. The van der Waals surface area contributed by atoms with Crippen LogP contribution in [0.25, 0.3) is 0 Å². The Morgan fingerprint density at radius 2 is 1.73 bits per heavy atom. The van der Waals surface area contributed by atoms with Gasteiger partial charge >= 0.3 is 6.03 Å². The molecule has 0 unspecified atom stereocenters. The molecule has 8 nitrogen and oxygen atoms in total. The zero-order chi connectivity index (χ0) is 21.9. The van der Waals surface area contributed by atoms with Gasteiger partial charge in [0.1, 0.15) is 5.56 Å². The van der Waals surface area contributed by atoms with Crippen molar-refractivity contribution in [2.75, 3.05) is 17.2 Å². The molecular formula is C22H24N4O4. The molecule has 0 spiro atoms. The van der Waals surface area contributed by atoms with E-state index in [2.05, 4.69) is 27.5 Å². The molecule has 0 radical (unpaired) electrons.